The van der Waals surface area contributed by atoms with E-state index in [1.165, 1.54) is 19.1 Å². The first-order valence-corrected chi connectivity index (χ1v) is 6.95. The number of hydrogen-bond acceptors (Lipinski definition) is 2. The van der Waals surface area contributed by atoms with Gasteiger partial charge in [0.15, 0.2) is 5.78 Å². The Labute approximate surface area is 128 Å². The van der Waals surface area contributed by atoms with Crippen LogP contribution in [0.4, 0.5) is 14.9 Å². The third-order valence-electron chi connectivity index (χ3n) is 3.16. The van der Waals surface area contributed by atoms with Gasteiger partial charge in [0.1, 0.15) is 5.82 Å². The summed E-state index contributed by atoms with van der Waals surface area (Å²) in [5, 5.41) is 5.40. The van der Waals surface area contributed by atoms with Crippen LogP contribution in [0.2, 0.25) is 0 Å². The number of carbonyl (C=O) groups excluding carboxylic acids is 2. The standard InChI is InChI=1S/C17H17FN2O2/c1-12(21)14-4-8-16(9-5-14)20-17(22)19-11-10-13-2-6-15(18)7-3-13/h2-9H,10-11H2,1H3,(H2,19,20,22). The zero-order valence-corrected chi connectivity index (χ0v) is 12.2. The van der Waals surface area contributed by atoms with Crippen molar-refractivity contribution in [2.75, 3.05) is 11.9 Å². The zero-order valence-electron chi connectivity index (χ0n) is 12.2. The number of rotatable bonds is 5. The Hall–Kier alpha value is -2.69. The van der Waals surface area contributed by atoms with Crippen molar-refractivity contribution in [2.24, 2.45) is 0 Å². The summed E-state index contributed by atoms with van der Waals surface area (Å²) in [6.45, 7) is 1.94. The van der Waals surface area contributed by atoms with Crippen LogP contribution in [-0.4, -0.2) is 18.4 Å². The molecule has 0 heterocycles. The van der Waals surface area contributed by atoms with Gasteiger partial charge >= 0.3 is 6.03 Å². The van der Waals surface area contributed by atoms with Crippen molar-refractivity contribution in [3.8, 4) is 0 Å². The number of Topliss-reactive ketones (excluding diaryl/α,β-unsaturated/α-hetero) is 1. The second-order valence-corrected chi connectivity index (χ2v) is 4.89. The van der Waals surface area contributed by atoms with E-state index in [4.69, 9.17) is 0 Å². The maximum absolute atomic E-state index is 12.8. The molecule has 0 aliphatic rings. The number of hydrogen-bond donors (Lipinski definition) is 2. The Bertz CT molecular complexity index is 651. The molecule has 4 nitrogen and oxygen atoms in total. The molecule has 2 amide bonds. The lowest BCUT2D eigenvalue weighted by molar-refractivity contribution is 0.101. The lowest BCUT2D eigenvalue weighted by Crippen LogP contribution is -2.30. The van der Waals surface area contributed by atoms with E-state index < -0.39 is 0 Å². The van der Waals surface area contributed by atoms with Crippen LogP contribution in [0.1, 0.15) is 22.8 Å². The highest BCUT2D eigenvalue weighted by Gasteiger charge is 2.03. The first-order chi connectivity index (χ1) is 10.5. The summed E-state index contributed by atoms with van der Waals surface area (Å²) in [5.74, 6) is -0.293. The third-order valence-corrected chi connectivity index (χ3v) is 3.16. The highest BCUT2D eigenvalue weighted by Crippen LogP contribution is 2.09. The van der Waals surface area contributed by atoms with Gasteiger partial charge in [0.25, 0.3) is 0 Å². The average Bonchev–Trinajstić information content (AvgIpc) is 2.50. The molecule has 0 aliphatic heterocycles. The third kappa shape index (κ3) is 4.70. The first-order valence-electron chi connectivity index (χ1n) is 6.95. The number of anilines is 1. The van der Waals surface area contributed by atoms with Gasteiger partial charge in [0, 0.05) is 17.8 Å². The minimum absolute atomic E-state index is 0.0182. The summed E-state index contributed by atoms with van der Waals surface area (Å²) in [6, 6.07) is 12.5. The number of urea groups is 1. The Morgan fingerprint density at radius 3 is 2.23 bits per heavy atom. The summed E-state index contributed by atoms with van der Waals surface area (Å²) in [7, 11) is 0. The molecule has 0 atom stereocenters. The van der Waals surface area contributed by atoms with Gasteiger partial charge in [-0.25, -0.2) is 9.18 Å². The minimum Gasteiger partial charge on any atom is -0.338 e. The lowest BCUT2D eigenvalue weighted by Gasteiger charge is -2.08. The number of halogens is 1. The van der Waals surface area contributed by atoms with Crippen LogP contribution in [0, 0.1) is 5.82 Å². The van der Waals surface area contributed by atoms with Gasteiger partial charge in [-0.3, -0.25) is 4.79 Å². The molecule has 2 rings (SSSR count). The van der Waals surface area contributed by atoms with E-state index in [1.54, 1.807) is 36.4 Å². The number of amides is 2. The molecule has 22 heavy (non-hydrogen) atoms. The van der Waals surface area contributed by atoms with Crippen molar-refractivity contribution in [2.45, 2.75) is 13.3 Å². The number of nitrogens with one attached hydrogen (secondary N) is 2. The van der Waals surface area contributed by atoms with Crippen LogP contribution in [-0.2, 0) is 6.42 Å². The van der Waals surface area contributed by atoms with Crippen molar-refractivity contribution in [1.82, 2.24) is 5.32 Å². The molecule has 2 aromatic carbocycles. The fraction of sp³-hybridized carbons (Fsp3) is 0.176. The molecule has 0 unspecified atom stereocenters. The normalized spacial score (nSPS) is 10.1. The van der Waals surface area contributed by atoms with Gasteiger partial charge in [-0.1, -0.05) is 12.1 Å². The van der Waals surface area contributed by atoms with Gasteiger partial charge < -0.3 is 10.6 Å². The maximum Gasteiger partial charge on any atom is 0.319 e. The summed E-state index contributed by atoms with van der Waals surface area (Å²) < 4.78 is 12.8. The lowest BCUT2D eigenvalue weighted by atomic mass is 10.1. The van der Waals surface area contributed by atoms with Crippen LogP contribution in [0.15, 0.2) is 48.5 Å². The van der Waals surface area contributed by atoms with Crippen molar-refractivity contribution >= 4 is 17.5 Å². The van der Waals surface area contributed by atoms with Gasteiger partial charge in [-0.15, -0.1) is 0 Å². The molecule has 2 N–H and O–H groups in total. The van der Waals surface area contributed by atoms with Gasteiger partial charge in [0.2, 0.25) is 0 Å². The molecule has 2 aromatic rings. The predicted molar refractivity (Wildman–Crippen MR) is 83.6 cm³/mol. The highest BCUT2D eigenvalue weighted by atomic mass is 19.1. The summed E-state index contributed by atoms with van der Waals surface area (Å²) in [6.07, 6.45) is 0.622. The quantitative estimate of drug-likeness (QED) is 0.832. The number of benzene rings is 2. The van der Waals surface area contributed by atoms with E-state index in [-0.39, 0.29) is 17.6 Å². The van der Waals surface area contributed by atoms with Crippen molar-refractivity contribution in [3.63, 3.8) is 0 Å². The second-order valence-electron chi connectivity index (χ2n) is 4.89. The molecule has 0 saturated heterocycles. The Morgan fingerprint density at radius 1 is 1.00 bits per heavy atom. The van der Waals surface area contributed by atoms with E-state index in [2.05, 4.69) is 10.6 Å². The Kier molecular flexibility index (Phi) is 5.25. The molecule has 0 spiro atoms. The highest BCUT2D eigenvalue weighted by molar-refractivity contribution is 5.95. The van der Waals surface area contributed by atoms with Crippen molar-refractivity contribution in [3.05, 3.63) is 65.5 Å². The van der Waals surface area contributed by atoms with E-state index in [1.807, 2.05) is 0 Å². The molecule has 0 bridgehead atoms. The monoisotopic (exact) mass is 300 g/mol. The molecule has 0 fully saturated rings. The SMILES string of the molecule is CC(=O)c1ccc(NC(=O)NCCc2ccc(F)cc2)cc1. The second kappa shape index (κ2) is 7.36. The minimum atomic E-state index is -0.322. The molecule has 0 aromatic heterocycles. The summed E-state index contributed by atoms with van der Waals surface area (Å²) in [5.41, 5.74) is 2.17. The van der Waals surface area contributed by atoms with Crippen molar-refractivity contribution in [1.29, 1.82) is 0 Å². The molecular formula is C17H17FN2O2. The van der Waals surface area contributed by atoms with Crippen LogP contribution < -0.4 is 10.6 Å². The van der Waals surface area contributed by atoms with E-state index in [0.717, 1.165) is 5.56 Å². The molecule has 0 saturated carbocycles. The summed E-state index contributed by atoms with van der Waals surface area (Å²) in [4.78, 5) is 22.9. The van der Waals surface area contributed by atoms with E-state index in [9.17, 15) is 14.0 Å². The summed E-state index contributed by atoms with van der Waals surface area (Å²) >= 11 is 0. The largest absolute Gasteiger partial charge is 0.338 e. The van der Waals surface area contributed by atoms with E-state index >= 15 is 0 Å². The number of carbonyl (C=O) groups is 2. The smallest absolute Gasteiger partial charge is 0.319 e. The Balaban J connectivity index is 1.77. The molecule has 0 aliphatic carbocycles. The van der Waals surface area contributed by atoms with E-state index in [0.29, 0.717) is 24.2 Å². The zero-order chi connectivity index (χ0) is 15.9. The Morgan fingerprint density at radius 2 is 1.64 bits per heavy atom. The van der Waals surface area contributed by atoms with Crippen molar-refractivity contribution < 1.29 is 14.0 Å². The number of ketones is 1. The first kappa shape index (κ1) is 15.7. The molecule has 0 radical (unpaired) electrons. The van der Waals surface area contributed by atoms with Gasteiger partial charge in [-0.05, 0) is 55.3 Å². The average molecular weight is 300 g/mol. The van der Waals surface area contributed by atoms with Crippen LogP contribution in [0.3, 0.4) is 0 Å². The molecular weight excluding hydrogens is 283 g/mol. The van der Waals surface area contributed by atoms with Crippen LogP contribution >= 0.6 is 0 Å². The van der Waals surface area contributed by atoms with Gasteiger partial charge in [0.05, 0.1) is 0 Å². The van der Waals surface area contributed by atoms with Crippen LogP contribution in [0.25, 0.3) is 0 Å². The van der Waals surface area contributed by atoms with Crippen LogP contribution in [0.5, 0.6) is 0 Å². The maximum atomic E-state index is 12.8. The predicted octanol–water partition coefficient (Wildman–Crippen LogP) is 3.39. The fourth-order valence-electron chi connectivity index (χ4n) is 1.93. The molecule has 114 valence electrons. The topological polar surface area (TPSA) is 58.2 Å². The molecule has 5 heteroatoms. The van der Waals surface area contributed by atoms with Gasteiger partial charge in [-0.2, -0.15) is 0 Å². The fourth-order valence-corrected chi connectivity index (χ4v) is 1.93.